The van der Waals surface area contributed by atoms with Crippen LogP contribution in [-0.2, 0) is 32.2 Å². The summed E-state index contributed by atoms with van der Waals surface area (Å²) in [7, 11) is 1.62. The molecule has 2 fully saturated rings. The van der Waals surface area contributed by atoms with E-state index in [2.05, 4.69) is 4.90 Å². The Labute approximate surface area is 206 Å². The highest BCUT2D eigenvalue weighted by molar-refractivity contribution is 5.76. The van der Waals surface area contributed by atoms with Gasteiger partial charge >= 0.3 is 12.1 Å². The third kappa shape index (κ3) is 6.32. The van der Waals surface area contributed by atoms with Crippen LogP contribution < -0.4 is 4.74 Å². The molecular formula is C27H34N2O6. The lowest BCUT2D eigenvalue weighted by Gasteiger charge is -2.36. The van der Waals surface area contributed by atoms with E-state index >= 15 is 0 Å². The molecule has 0 N–H and O–H groups in total. The molecule has 8 nitrogen and oxygen atoms in total. The van der Waals surface area contributed by atoms with Gasteiger partial charge < -0.3 is 18.9 Å². The number of nitrogens with zero attached hydrogens (tertiary/aromatic N) is 2. The molecular weight excluding hydrogens is 448 g/mol. The van der Waals surface area contributed by atoms with Gasteiger partial charge in [0.25, 0.3) is 0 Å². The van der Waals surface area contributed by atoms with Gasteiger partial charge in [-0.1, -0.05) is 42.5 Å². The van der Waals surface area contributed by atoms with E-state index in [0.29, 0.717) is 32.8 Å². The maximum absolute atomic E-state index is 12.9. The topological polar surface area (TPSA) is 77.5 Å². The van der Waals surface area contributed by atoms with Gasteiger partial charge in [-0.15, -0.1) is 0 Å². The number of ether oxygens (including phenoxy) is 4. The number of hydrogen-bond acceptors (Lipinski definition) is 7. The average molecular weight is 483 g/mol. The quantitative estimate of drug-likeness (QED) is 0.533. The molecule has 0 unspecified atom stereocenters. The minimum atomic E-state index is -0.710. The molecule has 0 aliphatic carbocycles. The molecule has 8 heteroatoms. The van der Waals surface area contributed by atoms with Gasteiger partial charge in [-0.3, -0.25) is 14.6 Å². The second-order valence-corrected chi connectivity index (χ2v) is 9.71. The molecule has 35 heavy (non-hydrogen) atoms. The Bertz CT molecular complexity index is 994. The van der Waals surface area contributed by atoms with Gasteiger partial charge in [-0.2, -0.15) is 0 Å². The highest BCUT2D eigenvalue weighted by atomic mass is 16.6. The lowest BCUT2D eigenvalue weighted by molar-refractivity contribution is -0.156. The van der Waals surface area contributed by atoms with Crippen LogP contribution in [0.4, 0.5) is 4.79 Å². The monoisotopic (exact) mass is 482 g/mol. The van der Waals surface area contributed by atoms with Gasteiger partial charge in [0.2, 0.25) is 0 Å². The van der Waals surface area contributed by atoms with Crippen molar-refractivity contribution in [2.45, 2.75) is 39.2 Å². The Balaban J connectivity index is 1.29. The molecule has 4 rings (SSSR count). The molecule has 2 aliphatic rings. The summed E-state index contributed by atoms with van der Waals surface area (Å²) in [6.45, 7) is 6.99. The minimum absolute atomic E-state index is 0.0980. The third-order valence-corrected chi connectivity index (χ3v) is 6.52. The predicted octanol–water partition coefficient (Wildman–Crippen LogP) is 3.49. The molecule has 2 aromatic carbocycles. The summed E-state index contributed by atoms with van der Waals surface area (Å²) < 4.78 is 22.3. The summed E-state index contributed by atoms with van der Waals surface area (Å²) in [6, 6.07) is 17.0. The van der Waals surface area contributed by atoms with Gasteiger partial charge in [0.15, 0.2) is 0 Å². The van der Waals surface area contributed by atoms with E-state index in [0.717, 1.165) is 16.9 Å². The molecule has 0 saturated carbocycles. The molecule has 2 aliphatic heterocycles. The molecule has 0 spiro atoms. The van der Waals surface area contributed by atoms with Gasteiger partial charge in [0.05, 0.1) is 31.3 Å². The number of morpholine rings is 1. The first-order valence-electron chi connectivity index (χ1n) is 12.0. The Morgan fingerprint density at radius 3 is 2.37 bits per heavy atom. The molecule has 1 amide bonds. The summed E-state index contributed by atoms with van der Waals surface area (Å²) in [5, 5.41) is 0. The smallest absolute Gasteiger partial charge is 0.410 e. The van der Waals surface area contributed by atoms with Crippen LogP contribution in [0.1, 0.15) is 25.0 Å². The van der Waals surface area contributed by atoms with Crippen molar-refractivity contribution in [1.82, 2.24) is 9.80 Å². The Hall–Kier alpha value is -3.10. The first kappa shape index (κ1) is 25.0. The number of amides is 1. The zero-order valence-electron chi connectivity index (χ0n) is 20.6. The van der Waals surface area contributed by atoms with Gasteiger partial charge in [-0.05, 0) is 37.1 Å². The molecule has 0 aromatic heterocycles. The number of esters is 1. The van der Waals surface area contributed by atoms with Crippen molar-refractivity contribution in [3.63, 3.8) is 0 Å². The number of hydrogen-bond donors (Lipinski definition) is 0. The second kappa shape index (κ2) is 11.1. The number of rotatable bonds is 8. The van der Waals surface area contributed by atoms with E-state index in [-0.39, 0.29) is 37.4 Å². The molecule has 0 bridgehead atoms. The van der Waals surface area contributed by atoms with Crippen molar-refractivity contribution >= 4 is 12.1 Å². The highest BCUT2D eigenvalue weighted by Crippen LogP contribution is 2.28. The summed E-state index contributed by atoms with van der Waals surface area (Å²) in [4.78, 5) is 29.6. The van der Waals surface area contributed by atoms with Crippen molar-refractivity contribution in [2.75, 3.05) is 39.9 Å². The molecule has 2 heterocycles. The van der Waals surface area contributed by atoms with Gasteiger partial charge in [-0.25, -0.2) is 4.79 Å². The zero-order chi connectivity index (χ0) is 24.8. The molecule has 188 valence electrons. The van der Waals surface area contributed by atoms with E-state index in [4.69, 9.17) is 18.9 Å². The fraction of sp³-hybridized carbons (Fsp3) is 0.481. The maximum Gasteiger partial charge on any atom is 0.410 e. The Kier molecular flexibility index (Phi) is 7.93. The standard InChI is InChI=1S/C27H34N2O6/c1-27(2,25(30)34-17-21-9-11-22(32-3)12-10-21)19-28-15-23-24(16-28)33-14-13-29(23)26(31)35-18-20-7-5-4-6-8-20/h4-12,23-24H,13-19H2,1-3H3/t23-,24+/m1/s1. The summed E-state index contributed by atoms with van der Waals surface area (Å²) >= 11 is 0. The van der Waals surface area contributed by atoms with Crippen molar-refractivity contribution in [3.8, 4) is 5.75 Å². The highest BCUT2D eigenvalue weighted by Gasteiger charge is 2.45. The molecule has 2 aromatic rings. The van der Waals surface area contributed by atoms with Crippen molar-refractivity contribution < 1.29 is 28.5 Å². The van der Waals surface area contributed by atoms with Gasteiger partial charge in [0, 0.05) is 26.2 Å². The van der Waals surface area contributed by atoms with Crippen LogP contribution in [-0.4, -0.2) is 73.9 Å². The van der Waals surface area contributed by atoms with Crippen LogP contribution in [0.5, 0.6) is 5.75 Å². The van der Waals surface area contributed by atoms with Crippen molar-refractivity contribution in [3.05, 3.63) is 65.7 Å². The predicted molar refractivity (Wildman–Crippen MR) is 130 cm³/mol. The van der Waals surface area contributed by atoms with Crippen LogP contribution in [0, 0.1) is 5.41 Å². The van der Waals surface area contributed by atoms with E-state index < -0.39 is 5.41 Å². The van der Waals surface area contributed by atoms with Gasteiger partial charge in [0.1, 0.15) is 19.0 Å². The molecule has 2 saturated heterocycles. The van der Waals surface area contributed by atoms with E-state index in [1.54, 1.807) is 12.0 Å². The molecule has 2 atom stereocenters. The zero-order valence-corrected chi connectivity index (χ0v) is 20.6. The first-order chi connectivity index (χ1) is 16.9. The number of carbonyl (C=O) groups excluding carboxylic acids is 2. The number of fused-ring (bicyclic) bond motifs is 1. The summed E-state index contributed by atoms with van der Waals surface area (Å²) in [5.74, 6) is 0.499. The summed E-state index contributed by atoms with van der Waals surface area (Å²) in [5.41, 5.74) is 1.15. The van der Waals surface area contributed by atoms with Crippen molar-refractivity contribution in [1.29, 1.82) is 0 Å². The lowest BCUT2D eigenvalue weighted by Crippen LogP contribution is -2.53. The maximum atomic E-state index is 12.9. The van der Waals surface area contributed by atoms with E-state index in [9.17, 15) is 9.59 Å². The van der Waals surface area contributed by atoms with Crippen LogP contribution in [0.15, 0.2) is 54.6 Å². The van der Waals surface area contributed by atoms with E-state index in [1.807, 2.05) is 68.4 Å². The lowest BCUT2D eigenvalue weighted by atomic mass is 9.93. The fourth-order valence-electron chi connectivity index (χ4n) is 4.61. The number of benzene rings is 2. The average Bonchev–Trinajstić information content (AvgIpc) is 3.28. The number of methoxy groups -OCH3 is 1. The third-order valence-electron chi connectivity index (χ3n) is 6.52. The van der Waals surface area contributed by atoms with Crippen LogP contribution >= 0.6 is 0 Å². The normalized spacial score (nSPS) is 20.3. The van der Waals surface area contributed by atoms with Crippen molar-refractivity contribution in [2.24, 2.45) is 5.41 Å². The van der Waals surface area contributed by atoms with Crippen LogP contribution in [0.3, 0.4) is 0 Å². The van der Waals surface area contributed by atoms with Crippen LogP contribution in [0.2, 0.25) is 0 Å². The summed E-state index contributed by atoms with van der Waals surface area (Å²) in [6.07, 6.45) is -0.425. The Morgan fingerprint density at radius 1 is 0.971 bits per heavy atom. The Morgan fingerprint density at radius 2 is 1.66 bits per heavy atom. The van der Waals surface area contributed by atoms with Crippen LogP contribution in [0.25, 0.3) is 0 Å². The second-order valence-electron chi connectivity index (χ2n) is 9.71. The first-order valence-corrected chi connectivity index (χ1v) is 12.0. The fourth-order valence-corrected chi connectivity index (χ4v) is 4.61. The largest absolute Gasteiger partial charge is 0.497 e. The number of likely N-dealkylation sites (tertiary alicyclic amines) is 1. The van der Waals surface area contributed by atoms with E-state index in [1.165, 1.54) is 0 Å². The minimum Gasteiger partial charge on any atom is -0.497 e. The number of carbonyl (C=O) groups is 2. The SMILES string of the molecule is COc1ccc(COC(=O)C(C)(C)CN2C[C@@H]3OCCN(C(=O)OCc4ccccc4)[C@@H]3C2)cc1. The molecule has 0 radical (unpaired) electrons.